The van der Waals surface area contributed by atoms with Crippen molar-refractivity contribution in [3.8, 4) is 5.75 Å². The van der Waals surface area contributed by atoms with E-state index in [9.17, 15) is 9.59 Å². The van der Waals surface area contributed by atoms with E-state index in [1.54, 1.807) is 6.92 Å². The Kier molecular flexibility index (Phi) is 5.63. The summed E-state index contributed by atoms with van der Waals surface area (Å²) in [6.45, 7) is 3.51. The summed E-state index contributed by atoms with van der Waals surface area (Å²) in [7, 11) is 0. The third kappa shape index (κ3) is 4.79. The van der Waals surface area contributed by atoms with Crippen LogP contribution in [0.15, 0.2) is 24.3 Å². The molecule has 0 radical (unpaired) electrons. The number of benzene rings is 1. The summed E-state index contributed by atoms with van der Waals surface area (Å²) in [5.41, 5.74) is 0. The average Bonchev–Trinajstić information content (AvgIpc) is 2.37. The molecule has 19 heavy (non-hydrogen) atoms. The van der Waals surface area contributed by atoms with Crippen molar-refractivity contribution in [3.63, 3.8) is 0 Å². The van der Waals surface area contributed by atoms with Crippen molar-refractivity contribution in [3.05, 3.63) is 29.3 Å². The maximum absolute atomic E-state index is 11.7. The number of carbonyl (C=O) groups is 2. The Hall–Kier alpha value is -1.75. The van der Waals surface area contributed by atoms with Crippen molar-refractivity contribution in [2.24, 2.45) is 0 Å². The van der Waals surface area contributed by atoms with Gasteiger partial charge in [0.2, 0.25) is 0 Å². The second-order valence-electron chi connectivity index (χ2n) is 3.95. The van der Waals surface area contributed by atoms with Crippen molar-refractivity contribution in [2.45, 2.75) is 32.5 Å². The van der Waals surface area contributed by atoms with Crippen LogP contribution in [-0.4, -0.2) is 29.3 Å². The Morgan fingerprint density at radius 3 is 2.37 bits per heavy atom. The minimum atomic E-state index is -1.69. The van der Waals surface area contributed by atoms with Crippen LogP contribution in [0.4, 0.5) is 0 Å². The second kappa shape index (κ2) is 6.99. The zero-order chi connectivity index (χ0) is 14.4. The van der Waals surface area contributed by atoms with Crippen molar-refractivity contribution in [2.75, 3.05) is 0 Å². The summed E-state index contributed by atoms with van der Waals surface area (Å²) in [4.78, 5) is 22.7. The zero-order valence-corrected chi connectivity index (χ0v) is 11.4. The first kappa shape index (κ1) is 15.3. The van der Waals surface area contributed by atoms with Crippen molar-refractivity contribution in [1.82, 2.24) is 0 Å². The summed E-state index contributed by atoms with van der Waals surface area (Å²) >= 11 is 5.70. The SMILES string of the molecule is CCC(C)OC(=O)C(Oc1ccc(Cl)cc1)C(=O)O. The molecule has 0 amide bonds. The normalized spacial score (nSPS) is 13.4. The highest BCUT2D eigenvalue weighted by Gasteiger charge is 2.31. The van der Waals surface area contributed by atoms with Crippen LogP contribution < -0.4 is 4.74 Å². The van der Waals surface area contributed by atoms with E-state index in [-0.39, 0.29) is 11.9 Å². The van der Waals surface area contributed by atoms with Gasteiger partial charge >= 0.3 is 11.9 Å². The molecule has 0 saturated carbocycles. The molecule has 1 aromatic carbocycles. The fourth-order valence-corrected chi connectivity index (χ4v) is 1.32. The minimum Gasteiger partial charge on any atom is -0.478 e. The van der Waals surface area contributed by atoms with Gasteiger partial charge in [0.15, 0.2) is 0 Å². The fourth-order valence-electron chi connectivity index (χ4n) is 1.19. The highest BCUT2D eigenvalue weighted by Crippen LogP contribution is 2.17. The summed E-state index contributed by atoms with van der Waals surface area (Å²) < 4.78 is 10.1. The molecule has 0 aromatic heterocycles. The summed E-state index contributed by atoms with van der Waals surface area (Å²) in [6, 6.07) is 6.04. The molecular weight excluding hydrogens is 272 g/mol. The van der Waals surface area contributed by atoms with Gasteiger partial charge in [0.1, 0.15) is 5.75 Å². The number of halogens is 1. The number of hydrogen-bond acceptors (Lipinski definition) is 4. The molecule has 1 N–H and O–H groups in total. The Balaban J connectivity index is 2.75. The fraction of sp³-hybridized carbons (Fsp3) is 0.385. The van der Waals surface area contributed by atoms with E-state index in [0.717, 1.165) is 0 Å². The number of ether oxygens (including phenoxy) is 2. The smallest absolute Gasteiger partial charge is 0.359 e. The Labute approximate surface area is 116 Å². The lowest BCUT2D eigenvalue weighted by Crippen LogP contribution is -2.38. The molecule has 1 rings (SSSR count). The van der Waals surface area contributed by atoms with Crippen molar-refractivity contribution in [1.29, 1.82) is 0 Å². The quantitative estimate of drug-likeness (QED) is 0.642. The van der Waals surface area contributed by atoms with Crippen LogP contribution in [0.3, 0.4) is 0 Å². The van der Waals surface area contributed by atoms with Gasteiger partial charge in [-0.3, -0.25) is 0 Å². The molecule has 104 valence electrons. The highest BCUT2D eigenvalue weighted by molar-refractivity contribution is 6.30. The average molecular weight is 287 g/mol. The summed E-state index contributed by atoms with van der Waals surface area (Å²) in [5.74, 6) is -2.09. The maximum atomic E-state index is 11.7. The molecule has 0 aliphatic rings. The van der Waals surface area contributed by atoms with Crippen LogP contribution in [0, 0.1) is 0 Å². The van der Waals surface area contributed by atoms with Crippen LogP contribution >= 0.6 is 11.6 Å². The molecule has 0 aliphatic carbocycles. The van der Waals surface area contributed by atoms with E-state index in [4.69, 9.17) is 26.2 Å². The largest absolute Gasteiger partial charge is 0.478 e. The first-order valence-corrected chi connectivity index (χ1v) is 6.17. The predicted molar refractivity (Wildman–Crippen MR) is 69.3 cm³/mol. The molecule has 5 nitrogen and oxygen atoms in total. The lowest BCUT2D eigenvalue weighted by molar-refractivity contribution is -0.166. The Bertz CT molecular complexity index is 443. The van der Waals surface area contributed by atoms with Crippen molar-refractivity contribution >= 4 is 23.5 Å². The third-order valence-electron chi connectivity index (χ3n) is 2.40. The topological polar surface area (TPSA) is 72.8 Å². The predicted octanol–water partition coefficient (Wildman–Crippen LogP) is 2.51. The van der Waals surface area contributed by atoms with E-state index in [0.29, 0.717) is 11.4 Å². The number of aliphatic carboxylic acids is 1. The van der Waals surface area contributed by atoms with Gasteiger partial charge < -0.3 is 14.6 Å². The lowest BCUT2D eigenvalue weighted by Gasteiger charge is -2.17. The molecule has 0 saturated heterocycles. The Morgan fingerprint density at radius 2 is 1.89 bits per heavy atom. The first-order valence-electron chi connectivity index (χ1n) is 5.79. The van der Waals surface area contributed by atoms with Crippen LogP contribution in [-0.2, 0) is 14.3 Å². The summed E-state index contributed by atoms with van der Waals surface area (Å²) in [6.07, 6.45) is -1.45. The van der Waals surface area contributed by atoms with Gasteiger partial charge in [-0.15, -0.1) is 0 Å². The highest BCUT2D eigenvalue weighted by atomic mass is 35.5. The van der Waals surface area contributed by atoms with Gasteiger partial charge in [0.05, 0.1) is 6.10 Å². The Morgan fingerprint density at radius 1 is 1.32 bits per heavy atom. The van der Waals surface area contributed by atoms with Gasteiger partial charge in [-0.25, -0.2) is 9.59 Å². The van der Waals surface area contributed by atoms with E-state index >= 15 is 0 Å². The zero-order valence-electron chi connectivity index (χ0n) is 10.6. The molecule has 0 aliphatic heterocycles. The molecule has 0 fully saturated rings. The molecule has 1 aromatic rings. The number of hydrogen-bond donors (Lipinski definition) is 1. The van der Waals surface area contributed by atoms with Crippen molar-refractivity contribution < 1.29 is 24.2 Å². The molecule has 6 heteroatoms. The van der Waals surface area contributed by atoms with Crippen LogP contribution in [0.1, 0.15) is 20.3 Å². The van der Waals surface area contributed by atoms with Gasteiger partial charge in [-0.05, 0) is 37.6 Å². The number of carboxylic acid groups (broad SMARTS) is 1. The second-order valence-corrected chi connectivity index (χ2v) is 4.38. The van der Waals surface area contributed by atoms with Crippen LogP contribution in [0.5, 0.6) is 5.75 Å². The van der Waals surface area contributed by atoms with E-state index in [2.05, 4.69) is 0 Å². The number of carbonyl (C=O) groups excluding carboxylic acids is 1. The van der Waals surface area contributed by atoms with Gasteiger partial charge in [-0.1, -0.05) is 18.5 Å². The molecular formula is C13H15ClO5. The standard InChI is InChI=1S/C13H15ClO5/c1-3-8(2)18-13(17)11(12(15)16)19-10-6-4-9(14)5-7-10/h4-8,11H,3H2,1-2H3,(H,15,16). The van der Waals surface area contributed by atoms with Gasteiger partial charge in [0.25, 0.3) is 6.10 Å². The third-order valence-corrected chi connectivity index (χ3v) is 2.65. The molecule has 0 heterocycles. The van der Waals surface area contributed by atoms with Gasteiger partial charge in [0, 0.05) is 5.02 Å². The lowest BCUT2D eigenvalue weighted by atomic mass is 10.3. The van der Waals surface area contributed by atoms with Crippen LogP contribution in [0.25, 0.3) is 0 Å². The molecule has 2 atom stereocenters. The van der Waals surface area contributed by atoms with E-state index < -0.39 is 18.0 Å². The number of esters is 1. The van der Waals surface area contributed by atoms with Crippen LogP contribution in [0.2, 0.25) is 5.02 Å². The van der Waals surface area contributed by atoms with E-state index in [1.807, 2.05) is 6.92 Å². The molecule has 0 bridgehead atoms. The first-order chi connectivity index (χ1) is 8.93. The van der Waals surface area contributed by atoms with Gasteiger partial charge in [-0.2, -0.15) is 0 Å². The number of rotatable bonds is 6. The molecule has 2 unspecified atom stereocenters. The number of carboxylic acids is 1. The molecule has 0 spiro atoms. The minimum absolute atomic E-state index is 0.234. The maximum Gasteiger partial charge on any atom is 0.359 e. The van der Waals surface area contributed by atoms with E-state index in [1.165, 1.54) is 24.3 Å². The monoisotopic (exact) mass is 286 g/mol. The summed E-state index contributed by atoms with van der Waals surface area (Å²) in [5, 5.41) is 9.48.